The van der Waals surface area contributed by atoms with Crippen LogP contribution in [0.1, 0.15) is 92.1 Å². The van der Waals surface area contributed by atoms with Crippen LogP contribution in [0.2, 0.25) is 0 Å². The molecule has 2 aliphatic carbocycles. The minimum Gasteiger partial charge on any atom is -0.548 e. The molecule has 0 heterocycles. The van der Waals surface area contributed by atoms with E-state index in [1.165, 1.54) is 82.9 Å². The number of aryl methyl sites for hydroxylation is 1. The van der Waals surface area contributed by atoms with Crippen molar-refractivity contribution >= 4 is 23.6 Å². The molecule has 0 aromatic heterocycles. The molecule has 2 aliphatic rings. The molecule has 4 rings (SSSR count). The van der Waals surface area contributed by atoms with Gasteiger partial charge in [-0.15, -0.1) is 0 Å². The molecule has 1 unspecified atom stereocenters. The van der Waals surface area contributed by atoms with Crippen LogP contribution in [-0.4, -0.2) is 54.5 Å². The molecular formula is C35H49LiN2O3S. The average molecular weight is 585 g/mol. The minimum atomic E-state index is -1.24. The van der Waals surface area contributed by atoms with Crippen LogP contribution < -0.4 is 29.3 Å². The molecule has 1 amide bonds. The fourth-order valence-corrected chi connectivity index (χ4v) is 7.25. The zero-order valence-corrected chi connectivity index (χ0v) is 27.0. The van der Waals surface area contributed by atoms with E-state index in [0.717, 1.165) is 41.5 Å². The number of carbonyl (C=O) groups excluding carboxylic acids is 2. The largest absolute Gasteiger partial charge is 1.00 e. The van der Waals surface area contributed by atoms with Gasteiger partial charge in [-0.25, -0.2) is 0 Å². The van der Waals surface area contributed by atoms with E-state index in [9.17, 15) is 14.7 Å². The smallest absolute Gasteiger partial charge is 0.548 e. The number of aliphatic carboxylic acids is 1. The Morgan fingerprint density at radius 3 is 2.12 bits per heavy atom. The Bertz CT molecular complexity index is 1110. The third-order valence-corrected chi connectivity index (χ3v) is 9.81. The molecule has 2 aromatic carbocycles. The number of rotatable bonds is 14. The van der Waals surface area contributed by atoms with Crippen LogP contribution in [0.15, 0.2) is 42.5 Å². The first-order valence-corrected chi connectivity index (χ1v) is 17.3. The summed E-state index contributed by atoms with van der Waals surface area (Å²) in [6.07, 6.45) is 17.0. The molecule has 7 heteroatoms. The number of carboxylic acid groups (broad SMARTS) is 1. The van der Waals surface area contributed by atoms with Crippen LogP contribution in [-0.2, 0) is 11.2 Å². The van der Waals surface area contributed by atoms with Crippen LogP contribution in [0.25, 0.3) is 11.1 Å². The fraction of sp³-hybridized carbons (Fsp3) is 0.600. The van der Waals surface area contributed by atoms with Crippen LogP contribution in [0, 0.1) is 18.8 Å². The first kappa shape index (κ1) is 34.8. The number of nitrogens with one attached hydrogen (secondary N) is 1. The van der Waals surface area contributed by atoms with Crippen molar-refractivity contribution in [2.24, 2.45) is 11.8 Å². The molecular weight excluding hydrogens is 535 g/mol. The summed E-state index contributed by atoms with van der Waals surface area (Å²) in [7, 11) is 0. The Balaban J connectivity index is 0.00000484. The van der Waals surface area contributed by atoms with Crippen molar-refractivity contribution in [3.63, 3.8) is 0 Å². The second-order valence-electron chi connectivity index (χ2n) is 12.3. The summed E-state index contributed by atoms with van der Waals surface area (Å²) >= 11 is 1.56. The number of thioether (sulfide) groups is 1. The third kappa shape index (κ3) is 10.5. The van der Waals surface area contributed by atoms with Crippen LogP contribution in [0.4, 0.5) is 0 Å². The van der Waals surface area contributed by atoms with Crippen LogP contribution in [0.5, 0.6) is 0 Å². The second-order valence-corrected chi connectivity index (χ2v) is 13.3. The summed E-state index contributed by atoms with van der Waals surface area (Å²) in [5.41, 5.74) is 4.70. The van der Waals surface area contributed by atoms with Crippen LogP contribution >= 0.6 is 11.8 Å². The Labute approximate surface area is 270 Å². The standard InChI is InChI=1S/C35H50N2O3S.Li/c1-26-11-9-10-16-30(26)32-23-27(17-18-31(32)34(38)36-33(35(39)40)20-22-41-2)19-21-37(24-28-12-5-3-6-13-28)25-29-14-7-4-8-15-29;/h9-11,16-18,23,28-29,33H,3-8,12-15,19-22,24-25H2,1-2H3,(H,36,38)(H,39,40);/q;+1/p-1. The first-order chi connectivity index (χ1) is 19.9. The summed E-state index contributed by atoms with van der Waals surface area (Å²) in [4.78, 5) is 27.9. The average Bonchev–Trinajstić information content (AvgIpc) is 2.99. The normalized spacial score (nSPS) is 17.0. The van der Waals surface area contributed by atoms with Gasteiger partial charge >= 0.3 is 18.9 Å². The van der Waals surface area contributed by atoms with E-state index in [4.69, 9.17) is 0 Å². The number of hydrogen-bond acceptors (Lipinski definition) is 5. The summed E-state index contributed by atoms with van der Waals surface area (Å²) in [5, 5.41) is 14.5. The number of carbonyl (C=O) groups is 2. The van der Waals surface area contributed by atoms with Crippen molar-refractivity contribution < 1.29 is 33.6 Å². The van der Waals surface area contributed by atoms with Gasteiger partial charge in [0, 0.05) is 25.2 Å². The van der Waals surface area contributed by atoms with E-state index >= 15 is 0 Å². The van der Waals surface area contributed by atoms with Crippen molar-refractivity contribution in [3.05, 3.63) is 59.2 Å². The van der Waals surface area contributed by atoms with E-state index in [1.54, 1.807) is 11.8 Å². The zero-order chi connectivity index (χ0) is 29.0. The molecule has 42 heavy (non-hydrogen) atoms. The molecule has 2 fully saturated rings. The van der Waals surface area contributed by atoms with E-state index in [1.807, 2.05) is 30.5 Å². The SMILES string of the molecule is CSCCC(NC(=O)c1ccc(CCN(CC2CCCCC2)CC2CCCCC2)cc1-c1ccccc1C)C(=O)[O-].[Li+]. The predicted octanol–water partition coefficient (Wildman–Crippen LogP) is 3.27. The molecule has 5 nitrogen and oxygen atoms in total. The van der Waals surface area contributed by atoms with Crippen LogP contribution in [0.3, 0.4) is 0 Å². The van der Waals surface area contributed by atoms with E-state index in [-0.39, 0.29) is 24.8 Å². The van der Waals surface area contributed by atoms with Gasteiger partial charge in [0.1, 0.15) is 0 Å². The van der Waals surface area contributed by atoms with E-state index in [2.05, 4.69) is 35.3 Å². The van der Waals surface area contributed by atoms with E-state index < -0.39 is 12.0 Å². The maximum Gasteiger partial charge on any atom is 1.00 e. The number of benzene rings is 2. The molecule has 1 atom stereocenters. The number of amides is 1. The van der Waals surface area contributed by atoms with Gasteiger partial charge in [-0.05, 0) is 97.6 Å². The van der Waals surface area contributed by atoms with Crippen molar-refractivity contribution in [2.75, 3.05) is 31.6 Å². The zero-order valence-electron chi connectivity index (χ0n) is 26.2. The molecule has 224 valence electrons. The molecule has 0 spiro atoms. The van der Waals surface area contributed by atoms with Gasteiger partial charge in [0.25, 0.3) is 5.91 Å². The number of hydrogen-bond donors (Lipinski definition) is 1. The molecule has 2 saturated carbocycles. The number of nitrogens with zero attached hydrogens (tertiary/aromatic N) is 1. The fourth-order valence-electron chi connectivity index (χ4n) is 6.78. The van der Waals surface area contributed by atoms with Gasteiger partial charge in [-0.3, -0.25) is 4.79 Å². The summed E-state index contributed by atoms with van der Waals surface area (Å²) in [6, 6.07) is 13.2. The maximum atomic E-state index is 13.4. The Morgan fingerprint density at radius 1 is 0.929 bits per heavy atom. The summed E-state index contributed by atoms with van der Waals surface area (Å²) < 4.78 is 0. The Hall–Kier alpha value is -1.71. The van der Waals surface area contributed by atoms with Gasteiger partial charge in [0.05, 0.1) is 12.0 Å². The molecule has 0 bridgehead atoms. The maximum absolute atomic E-state index is 13.4. The Morgan fingerprint density at radius 2 is 1.55 bits per heavy atom. The van der Waals surface area contributed by atoms with Gasteiger partial charge in [-0.2, -0.15) is 11.8 Å². The van der Waals surface area contributed by atoms with Crippen molar-refractivity contribution in [2.45, 2.75) is 90.0 Å². The monoisotopic (exact) mass is 584 g/mol. The second kappa shape index (κ2) is 18.2. The molecule has 0 saturated heterocycles. The molecule has 0 radical (unpaired) electrons. The first-order valence-electron chi connectivity index (χ1n) is 15.9. The van der Waals surface area contributed by atoms with Gasteiger partial charge < -0.3 is 20.1 Å². The predicted molar refractivity (Wildman–Crippen MR) is 169 cm³/mol. The topological polar surface area (TPSA) is 72.5 Å². The van der Waals surface area contributed by atoms with Gasteiger partial charge in [0.2, 0.25) is 0 Å². The molecule has 0 aliphatic heterocycles. The quantitative estimate of drug-likeness (QED) is 0.345. The van der Waals surface area contributed by atoms with Gasteiger partial charge in [0.15, 0.2) is 0 Å². The molecule has 2 aromatic rings. The molecule has 1 N–H and O–H groups in total. The van der Waals surface area contributed by atoms with Crippen molar-refractivity contribution in [1.29, 1.82) is 0 Å². The third-order valence-electron chi connectivity index (χ3n) is 9.16. The van der Waals surface area contributed by atoms with E-state index in [0.29, 0.717) is 17.7 Å². The Kier molecular flexibility index (Phi) is 15.1. The van der Waals surface area contributed by atoms with Crippen molar-refractivity contribution in [1.82, 2.24) is 10.2 Å². The summed E-state index contributed by atoms with van der Waals surface area (Å²) in [6.45, 7) is 5.51. The van der Waals surface area contributed by atoms with Crippen molar-refractivity contribution in [3.8, 4) is 11.1 Å². The minimum absolute atomic E-state index is 0. The number of carboxylic acids is 1. The summed E-state index contributed by atoms with van der Waals surface area (Å²) in [5.74, 6) is 0.687. The van der Waals surface area contributed by atoms with Gasteiger partial charge in [-0.1, -0.05) is 74.9 Å².